The van der Waals surface area contributed by atoms with E-state index in [1.807, 2.05) is 6.07 Å². The molecule has 1 aliphatic carbocycles. The Kier molecular flexibility index (Phi) is 4.94. The molecule has 2 aliphatic heterocycles. The molecule has 148 valence electrons. The fourth-order valence-corrected chi connectivity index (χ4v) is 8.08. The highest BCUT2D eigenvalue weighted by atomic mass is 32.2. The van der Waals surface area contributed by atoms with Crippen LogP contribution in [0.2, 0.25) is 18.1 Å². The van der Waals surface area contributed by atoms with Gasteiger partial charge in [-0.3, -0.25) is 0 Å². The van der Waals surface area contributed by atoms with Crippen LogP contribution in [-0.2, 0) is 0 Å². The predicted octanol–water partition coefficient (Wildman–Crippen LogP) is 5.90. The van der Waals surface area contributed by atoms with Crippen LogP contribution in [0.5, 0.6) is 11.5 Å². The number of aliphatic hydroxyl groups excluding tert-OH is 1. The van der Waals surface area contributed by atoms with E-state index in [2.05, 4.69) is 69.5 Å². The van der Waals surface area contributed by atoms with Gasteiger partial charge in [-0.15, -0.1) is 23.5 Å². The highest BCUT2D eigenvalue weighted by Crippen LogP contribution is 2.57. The molecule has 2 heterocycles. The summed E-state index contributed by atoms with van der Waals surface area (Å²) in [6.07, 6.45) is 2.30. The molecule has 0 saturated carbocycles. The Bertz CT molecular complexity index is 776. The zero-order valence-electron chi connectivity index (χ0n) is 16.9. The molecule has 27 heavy (non-hydrogen) atoms. The Morgan fingerprint density at radius 3 is 2.59 bits per heavy atom. The second-order valence-corrected chi connectivity index (χ2v) is 17.2. The lowest BCUT2D eigenvalue weighted by Crippen LogP contribution is -2.43. The van der Waals surface area contributed by atoms with Gasteiger partial charge in [0.2, 0.25) is 14.6 Å². The lowest BCUT2D eigenvalue weighted by molar-refractivity contribution is 0.00812. The van der Waals surface area contributed by atoms with Gasteiger partial charge in [-0.25, -0.2) is 0 Å². The third kappa shape index (κ3) is 3.58. The Labute approximate surface area is 172 Å². The Morgan fingerprint density at radius 1 is 1.22 bits per heavy atom. The van der Waals surface area contributed by atoms with Gasteiger partial charge in [0.25, 0.3) is 0 Å². The van der Waals surface area contributed by atoms with Crippen molar-refractivity contribution in [2.75, 3.05) is 11.5 Å². The average Bonchev–Trinajstić information content (AvgIpc) is 3.01. The summed E-state index contributed by atoms with van der Waals surface area (Å²) in [6, 6.07) is 6.19. The lowest BCUT2D eigenvalue weighted by atomic mass is 9.84. The SMILES string of the molecule is CC(C)(C)[Si](C)(C)Oc1ccc2c(c1)OC(O)C1=C2CCC2(C1)SCCS2. The molecule has 1 fully saturated rings. The predicted molar refractivity (Wildman–Crippen MR) is 119 cm³/mol. The maximum atomic E-state index is 10.7. The zero-order valence-corrected chi connectivity index (χ0v) is 19.6. The van der Waals surface area contributed by atoms with E-state index < -0.39 is 14.6 Å². The van der Waals surface area contributed by atoms with Crippen LogP contribution in [0.1, 0.15) is 45.6 Å². The van der Waals surface area contributed by atoms with Gasteiger partial charge in [0.05, 0.1) is 4.08 Å². The molecule has 1 atom stereocenters. The summed E-state index contributed by atoms with van der Waals surface area (Å²) in [6.45, 7) is 11.2. The maximum absolute atomic E-state index is 10.7. The van der Waals surface area contributed by atoms with E-state index in [1.54, 1.807) is 0 Å². The number of hydrogen-bond acceptors (Lipinski definition) is 5. The highest BCUT2D eigenvalue weighted by molar-refractivity contribution is 8.21. The molecule has 3 nitrogen and oxygen atoms in total. The molecular weight excluding hydrogens is 392 g/mol. The number of hydrogen-bond donors (Lipinski definition) is 1. The second-order valence-electron chi connectivity index (χ2n) is 9.28. The quantitative estimate of drug-likeness (QED) is 0.601. The minimum atomic E-state index is -1.90. The fraction of sp³-hybridized carbons (Fsp3) is 0.619. The largest absolute Gasteiger partial charge is 0.543 e. The van der Waals surface area contributed by atoms with Crippen LogP contribution in [0.3, 0.4) is 0 Å². The summed E-state index contributed by atoms with van der Waals surface area (Å²) in [5.41, 5.74) is 3.52. The van der Waals surface area contributed by atoms with Crippen LogP contribution in [0.15, 0.2) is 23.8 Å². The van der Waals surface area contributed by atoms with E-state index in [1.165, 1.54) is 23.5 Å². The highest BCUT2D eigenvalue weighted by Gasteiger charge is 2.44. The Morgan fingerprint density at radius 2 is 1.93 bits per heavy atom. The van der Waals surface area contributed by atoms with Crippen LogP contribution in [0.25, 0.3) is 5.57 Å². The van der Waals surface area contributed by atoms with Crippen molar-refractivity contribution in [3.8, 4) is 11.5 Å². The third-order valence-corrected chi connectivity index (χ3v) is 14.3. The van der Waals surface area contributed by atoms with Gasteiger partial charge in [-0.05, 0) is 55.1 Å². The van der Waals surface area contributed by atoms with Crippen LogP contribution < -0.4 is 9.16 Å². The van der Waals surface area contributed by atoms with Crippen LogP contribution >= 0.6 is 23.5 Å². The van der Waals surface area contributed by atoms with E-state index in [4.69, 9.17) is 9.16 Å². The number of ether oxygens (including phenoxy) is 1. The number of thioether (sulfide) groups is 2. The first kappa shape index (κ1) is 19.7. The average molecular weight is 423 g/mol. The number of allylic oxidation sites excluding steroid dienone is 1. The van der Waals surface area contributed by atoms with Gasteiger partial charge in [-0.1, -0.05) is 20.8 Å². The molecular formula is C21H30O3S2Si. The number of benzene rings is 1. The van der Waals surface area contributed by atoms with Crippen molar-refractivity contribution >= 4 is 37.4 Å². The minimum Gasteiger partial charge on any atom is -0.543 e. The Hall–Kier alpha value is -0.563. The summed E-state index contributed by atoms with van der Waals surface area (Å²) in [5.74, 6) is 4.05. The summed E-state index contributed by atoms with van der Waals surface area (Å²) in [5, 5.41) is 10.9. The third-order valence-electron chi connectivity index (χ3n) is 6.41. The first-order chi connectivity index (χ1) is 12.6. The van der Waals surface area contributed by atoms with E-state index in [0.717, 1.165) is 35.5 Å². The summed E-state index contributed by atoms with van der Waals surface area (Å²) in [7, 11) is -1.90. The van der Waals surface area contributed by atoms with Gasteiger partial charge in [0, 0.05) is 28.7 Å². The van der Waals surface area contributed by atoms with E-state index in [0.29, 0.717) is 0 Å². The molecule has 0 amide bonds. The monoisotopic (exact) mass is 422 g/mol. The van der Waals surface area contributed by atoms with Crippen molar-refractivity contribution in [2.24, 2.45) is 0 Å². The summed E-state index contributed by atoms with van der Waals surface area (Å²) >= 11 is 4.12. The van der Waals surface area contributed by atoms with E-state index in [-0.39, 0.29) is 9.12 Å². The lowest BCUT2D eigenvalue weighted by Gasteiger charge is -2.39. The van der Waals surface area contributed by atoms with Crippen LogP contribution in [0.4, 0.5) is 0 Å². The van der Waals surface area contributed by atoms with Gasteiger partial charge >= 0.3 is 0 Å². The van der Waals surface area contributed by atoms with Crippen molar-refractivity contribution in [1.29, 1.82) is 0 Å². The molecule has 6 heteroatoms. The van der Waals surface area contributed by atoms with Crippen molar-refractivity contribution in [1.82, 2.24) is 0 Å². The molecule has 0 bridgehead atoms. The fourth-order valence-electron chi connectivity index (χ4n) is 3.80. The van der Waals surface area contributed by atoms with Crippen LogP contribution in [0, 0.1) is 0 Å². The molecule has 0 aromatic heterocycles. The smallest absolute Gasteiger partial charge is 0.250 e. The molecule has 1 unspecified atom stereocenters. The standard InChI is InChI=1S/C21H30O3S2Si/c1-20(2,3)27(4,5)24-14-6-7-16-15-8-9-21(25-10-11-26-21)13-17(15)19(22)23-18(16)12-14/h6-7,12,19,22H,8-11,13H2,1-5H3. The first-order valence-corrected chi connectivity index (χ1v) is 14.7. The minimum absolute atomic E-state index is 0.146. The van der Waals surface area contributed by atoms with Crippen molar-refractivity contribution in [2.45, 2.75) is 68.5 Å². The van der Waals surface area contributed by atoms with Crippen molar-refractivity contribution in [3.05, 3.63) is 29.3 Å². The number of aliphatic hydroxyl groups is 1. The molecule has 1 N–H and O–H groups in total. The van der Waals surface area contributed by atoms with Crippen molar-refractivity contribution < 1.29 is 14.3 Å². The normalized spacial score (nSPS) is 24.4. The Balaban J connectivity index is 1.63. The van der Waals surface area contributed by atoms with Gasteiger partial charge in [-0.2, -0.15) is 0 Å². The summed E-state index contributed by atoms with van der Waals surface area (Å²) < 4.78 is 12.6. The molecule has 1 aromatic carbocycles. The molecule has 1 saturated heterocycles. The molecule has 4 rings (SSSR count). The summed E-state index contributed by atoms with van der Waals surface area (Å²) in [4.78, 5) is 0. The van der Waals surface area contributed by atoms with E-state index in [9.17, 15) is 5.11 Å². The molecule has 1 spiro atoms. The molecule has 3 aliphatic rings. The van der Waals surface area contributed by atoms with Crippen LogP contribution in [-0.4, -0.2) is 35.3 Å². The number of rotatable bonds is 2. The van der Waals surface area contributed by atoms with Gasteiger partial charge in [0.15, 0.2) is 0 Å². The maximum Gasteiger partial charge on any atom is 0.250 e. The topological polar surface area (TPSA) is 38.7 Å². The van der Waals surface area contributed by atoms with E-state index >= 15 is 0 Å². The van der Waals surface area contributed by atoms with Gasteiger partial charge in [0.1, 0.15) is 11.5 Å². The first-order valence-electron chi connectivity index (χ1n) is 9.78. The molecule has 0 radical (unpaired) electrons. The second kappa shape index (κ2) is 6.75. The zero-order chi connectivity index (χ0) is 19.4. The van der Waals surface area contributed by atoms with Gasteiger partial charge < -0.3 is 14.3 Å². The molecule has 1 aromatic rings. The van der Waals surface area contributed by atoms with Crippen molar-refractivity contribution in [3.63, 3.8) is 0 Å². The number of fused-ring (bicyclic) bond motifs is 2.